The molecule has 7 nitrogen and oxygen atoms in total. The van der Waals surface area contributed by atoms with Gasteiger partial charge in [-0.3, -0.25) is 19.4 Å². The Morgan fingerprint density at radius 3 is 2.32 bits per heavy atom. The van der Waals surface area contributed by atoms with E-state index in [2.05, 4.69) is 0 Å². The van der Waals surface area contributed by atoms with E-state index in [1.807, 2.05) is 16.7 Å². The van der Waals surface area contributed by atoms with E-state index in [0.29, 0.717) is 22.5 Å². The molecule has 2 saturated heterocycles. The fourth-order valence-corrected chi connectivity index (χ4v) is 5.06. The van der Waals surface area contributed by atoms with E-state index in [4.69, 9.17) is 4.74 Å². The summed E-state index contributed by atoms with van der Waals surface area (Å²) >= 11 is 1.85. The third-order valence-corrected chi connectivity index (χ3v) is 6.68. The van der Waals surface area contributed by atoms with Crippen molar-refractivity contribution in [3.63, 3.8) is 0 Å². The fraction of sp³-hybridized carbons (Fsp3) is 0.318. The van der Waals surface area contributed by atoms with Gasteiger partial charge in [0.25, 0.3) is 11.8 Å². The first-order valence-electron chi connectivity index (χ1n) is 10.1. The Kier molecular flexibility index (Phi) is 5.05. The molecule has 0 saturated carbocycles. The Bertz CT molecular complexity index is 1040. The molecule has 0 spiro atoms. The van der Waals surface area contributed by atoms with Gasteiger partial charge in [0.05, 0.1) is 35.6 Å². The maximum atomic E-state index is 14.8. The summed E-state index contributed by atoms with van der Waals surface area (Å²) in [5, 5.41) is 0. The molecule has 0 N–H and O–H groups in total. The number of carbonyl (C=O) groups is 3. The fourth-order valence-electron chi connectivity index (χ4n) is 4.16. The zero-order chi connectivity index (χ0) is 21.5. The van der Waals surface area contributed by atoms with Gasteiger partial charge in [0.2, 0.25) is 0 Å². The molecule has 3 aliphatic heterocycles. The van der Waals surface area contributed by atoms with Crippen molar-refractivity contribution >= 4 is 41.0 Å². The Morgan fingerprint density at radius 1 is 1.00 bits per heavy atom. The van der Waals surface area contributed by atoms with Crippen LogP contribution in [-0.4, -0.2) is 66.6 Å². The van der Waals surface area contributed by atoms with Crippen molar-refractivity contribution in [2.75, 3.05) is 47.5 Å². The highest BCUT2D eigenvalue weighted by Crippen LogP contribution is 2.30. The summed E-state index contributed by atoms with van der Waals surface area (Å²) in [6.45, 7) is 1.66. The summed E-state index contributed by atoms with van der Waals surface area (Å²) < 4.78 is 20.1. The molecule has 0 radical (unpaired) electrons. The van der Waals surface area contributed by atoms with Crippen molar-refractivity contribution < 1.29 is 23.5 Å². The molecule has 2 fully saturated rings. The molecule has 160 valence electrons. The standard InChI is InChI=1S/C22H20FN3O4S/c23-18-11-14(5-6-19(18)24-7-9-31-10-8-24)25-12-15(30-22(25)29)13-26-20(27)16-3-1-2-4-17(16)21(26)28/h1-6,11,15H,7-10,12-13H2/t15-/m1/s1. The van der Waals surface area contributed by atoms with Crippen LogP contribution in [-0.2, 0) is 4.74 Å². The van der Waals surface area contributed by atoms with Crippen LogP contribution < -0.4 is 9.80 Å². The van der Waals surface area contributed by atoms with Gasteiger partial charge in [0, 0.05) is 24.6 Å². The normalized spacial score (nSPS) is 21.0. The lowest BCUT2D eigenvalue weighted by molar-refractivity contribution is 0.0558. The van der Waals surface area contributed by atoms with Crippen LogP contribution in [0.1, 0.15) is 20.7 Å². The molecular formula is C22H20FN3O4S. The molecule has 2 aromatic rings. The second-order valence-corrected chi connectivity index (χ2v) is 8.84. The maximum Gasteiger partial charge on any atom is 0.414 e. The SMILES string of the molecule is O=C1c2ccccc2C(=O)N1C[C@H]1CN(c2ccc(N3CCSCC3)c(F)c2)C(=O)O1. The zero-order valence-corrected chi connectivity index (χ0v) is 17.4. The minimum Gasteiger partial charge on any atom is -0.442 e. The van der Waals surface area contributed by atoms with Crippen molar-refractivity contribution in [3.8, 4) is 0 Å². The first kappa shape index (κ1) is 19.9. The highest BCUT2D eigenvalue weighted by atomic mass is 32.2. The van der Waals surface area contributed by atoms with E-state index in [9.17, 15) is 18.8 Å². The quantitative estimate of drug-likeness (QED) is 0.680. The average Bonchev–Trinajstić information content (AvgIpc) is 3.27. The highest BCUT2D eigenvalue weighted by Gasteiger charge is 2.40. The van der Waals surface area contributed by atoms with E-state index in [-0.39, 0.29) is 18.9 Å². The minimum atomic E-state index is -0.684. The average molecular weight is 441 g/mol. The lowest BCUT2D eigenvalue weighted by Gasteiger charge is -2.29. The van der Waals surface area contributed by atoms with Gasteiger partial charge in [0.15, 0.2) is 0 Å². The Morgan fingerprint density at radius 2 is 1.68 bits per heavy atom. The monoisotopic (exact) mass is 441 g/mol. The van der Waals surface area contributed by atoms with Crippen LogP contribution in [0, 0.1) is 5.82 Å². The summed E-state index contributed by atoms with van der Waals surface area (Å²) in [5.74, 6) is 0.731. The molecular weight excluding hydrogens is 421 g/mol. The largest absolute Gasteiger partial charge is 0.442 e. The highest BCUT2D eigenvalue weighted by molar-refractivity contribution is 7.99. The van der Waals surface area contributed by atoms with Gasteiger partial charge in [-0.2, -0.15) is 11.8 Å². The number of fused-ring (bicyclic) bond motifs is 1. The second kappa shape index (κ2) is 7.88. The number of imide groups is 1. The van der Waals surface area contributed by atoms with Crippen LogP contribution in [0.3, 0.4) is 0 Å². The van der Waals surface area contributed by atoms with Gasteiger partial charge in [0.1, 0.15) is 11.9 Å². The van der Waals surface area contributed by atoms with Crippen LogP contribution in [0.4, 0.5) is 20.6 Å². The molecule has 0 aliphatic carbocycles. The first-order valence-corrected chi connectivity index (χ1v) is 11.2. The number of hydrogen-bond acceptors (Lipinski definition) is 6. The number of ether oxygens (including phenoxy) is 1. The number of cyclic esters (lactones) is 1. The van der Waals surface area contributed by atoms with Crippen molar-refractivity contribution in [1.82, 2.24) is 4.90 Å². The second-order valence-electron chi connectivity index (χ2n) is 7.62. The predicted molar refractivity (Wildman–Crippen MR) is 115 cm³/mol. The van der Waals surface area contributed by atoms with E-state index < -0.39 is 24.0 Å². The van der Waals surface area contributed by atoms with Crippen molar-refractivity contribution in [1.29, 1.82) is 0 Å². The van der Waals surface area contributed by atoms with Crippen LogP contribution in [0.25, 0.3) is 0 Å². The third-order valence-electron chi connectivity index (χ3n) is 5.73. The zero-order valence-electron chi connectivity index (χ0n) is 16.6. The van der Waals surface area contributed by atoms with Crippen LogP contribution >= 0.6 is 11.8 Å². The smallest absolute Gasteiger partial charge is 0.414 e. The molecule has 3 aliphatic rings. The molecule has 0 aromatic heterocycles. The third kappa shape index (κ3) is 3.52. The van der Waals surface area contributed by atoms with Gasteiger partial charge in [-0.05, 0) is 30.3 Å². The topological polar surface area (TPSA) is 70.2 Å². The van der Waals surface area contributed by atoms with E-state index in [1.165, 1.54) is 11.0 Å². The van der Waals surface area contributed by atoms with Crippen LogP contribution in [0.2, 0.25) is 0 Å². The number of carbonyl (C=O) groups excluding carboxylic acids is 3. The first-order chi connectivity index (χ1) is 15.0. The summed E-state index contributed by atoms with van der Waals surface area (Å²) in [4.78, 5) is 42.0. The number of benzene rings is 2. The lowest BCUT2D eigenvalue weighted by atomic mass is 10.1. The molecule has 0 bridgehead atoms. The molecule has 3 heterocycles. The Hall–Kier alpha value is -3.07. The molecule has 3 amide bonds. The summed E-state index contributed by atoms with van der Waals surface area (Å²) in [6.07, 6.45) is -1.31. The van der Waals surface area contributed by atoms with E-state index in [1.54, 1.807) is 36.4 Å². The van der Waals surface area contributed by atoms with Crippen LogP contribution in [0.15, 0.2) is 42.5 Å². The Labute approximate surface area is 182 Å². The van der Waals surface area contributed by atoms with Crippen molar-refractivity contribution in [2.45, 2.75) is 6.10 Å². The van der Waals surface area contributed by atoms with Gasteiger partial charge in [-0.15, -0.1) is 0 Å². The summed E-state index contributed by atoms with van der Waals surface area (Å²) in [7, 11) is 0. The molecule has 5 rings (SSSR count). The number of amides is 3. The maximum absolute atomic E-state index is 14.8. The molecule has 0 unspecified atom stereocenters. The summed E-state index contributed by atoms with van der Waals surface area (Å²) in [5.41, 5.74) is 1.62. The number of anilines is 2. The number of thioether (sulfide) groups is 1. The Balaban J connectivity index is 1.29. The van der Waals surface area contributed by atoms with Gasteiger partial charge in [-0.25, -0.2) is 9.18 Å². The molecule has 9 heteroatoms. The van der Waals surface area contributed by atoms with Crippen molar-refractivity contribution in [3.05, 3.63) is 59.4 Å². The van der Waals surface area contributed by atoms with Gasteiger partial charge in [-0.1, -0.05) is 12.1 Å². The lowest BCUT2D eigenvalue weighted by Crippen LogP contribution is -2.38. The molecule has 1 atom stereocenters. The number of nitrogens with zero attached hydrogens (tertiary/aromatic N) is 3. The minimum absolute atomic E-state index is 0.0411. The van der Waals surface area contributed by atoms with E-state index in [0.717, 1.165) is 29.5 Å². The molecule has 31 heavy (non-hydrogen) atoms. The van der Waals surface area contributed by atoms with Gasteiger partial charge < -0.3 is 9.64 Å². The van der Waals surface area contributed by atoms with Gasteiger partial charge >= 0.3 is 6.09 Å². The summed E-state index contributed by atoms with van der Waals surface area (Å²) in [6, 6.07) is 11.3. The van der Waals surface area contributed by atoms with E-state index >= 15 is 0 Å². The number of halogens is 1. The number of rotatable bonds is 4. The predicted octanol–water partition coefficient (Wildman–Crippen LogP) is 3.00. The number of hydrogen-bond donors (Lipinski definition) is 0. The van der Waals surface area contributed by atoms with Crippen LogP contribution in [0.5, 0.6) is 0 Å². The van der Waals surface area contributed by atoms with Crippen molar-refractivity contribution in [2.24, 2.45) is 0 Å². The molecule has 2 aromatic carbocycles.